The van der Waals surface area contributed by atoms with Crippen molar-refractivity contribution in [1.29, 1.82) is 0 Å². The summed E-state index contributed by atoms with van der Waals surface area (Å²) in [5.74, 6) is 6.57. The van der Waals surface area contributed by atoms with Gasteiger partial charge in [0.1, 0.15) is 5.60 Å². The van der Waals surface area contributed by atoms with E-state index in [1.165, 1.54) is 10.4 Å². The van der Waals surface area contributed by atoms with Crippen LogP contribution < -0.4 is 0 Å². The van der Waals surface area contributed by atoms with E-state index in [1.54, 1.807) is 13.8 Å². The Morgan fingerprint density at radius 2 is 1.71 bits per heavy atom. The van der Waals surface area contributed by atoms with Crippen molar-refractivity contribution in [2.45, 2.75) is 51.8 Å². The van der Waals surface area contributed by atoms with Crippen LogP contribution in [-0.4, -0.2) is 70.6 Å². The summed E-state index contributed by atoms with van der Waals surface area (Å²) in [4.78, 5) is 21.8. The van der Waals surface area contributed by atoms with Gasteiger partial charge in [0.05, 0.1) is 0 Å². The molecule has 1 aromatic carbocycles. The standard InChI is InChI=1S/C29H37N3O2S/c1-28(2,34)10-9-23-5-7-24(8-6-23)21-30-13-11-29(12-14-30)20-26(29)27(33)32-17-15-31(16-18-32)22-25-4-3-19-35-25/h3-8,19,26,34H,11-18,20-22H2,1-2H3. The van der Waals surface area contributed by atoms with Crippen LogP contribution in [0, 0.1) is 23.2 Å². The fourth-order valence-electron chi connectivity index (χ4n) is 5.55. The number of carbonyl (C=O) groups excluding carboxylic acids is 1. The first-order valence-electron chi connectivity index (χ1n) is 12.9. The normalized spacial score (nSPS) is 22.6. The third-order valence-electron chi connectivity index (χ3n) is 7.86. The predicted octanol–water partition coefficient (Wildman–Crippen LogP) is 3.82. The maximum absolute atomic E-state index is 13.2. The monoisotopic (exact) mass is 491 g/mol. The molecule has 1 amide bonds. The number of amides is 1. The van der Waals surface area contributed by atoms with Gasteiger partial charge in [-0.05, 0) is 80.8 Å². The Balaban J connectivity index is 1.06. The highest BCUT2D eigenvalue weighted by molar-refractivity contribution is 7.09. The van der Waals surface area contributed by atoms with Gasteiger partial charge in [0.25, 0.3) is 0 Å². The second kappa shape index (κ2) is 10.1. The molecule has 1 saturated carbocycles. The summed E-state index contributed by atoms with van der Waals surface area (Å²) >= 11 is 1.82. The maximum Gasteiger partial charge on any atom is 0.226 e. The van der Waals surface area contributed by atoms with Crippen molar-refractivity contribution in [2.24, 2.45) is 11.3 Å². The molecule has 6 heteroatoms. The van der Waals surface area contributed by atoms with Gasteiger partial charge in [-0.1, -0.05) is 30.0 Å². The van der Waals surface area contributed by atoms with Crippen molar-refractivity contribution in [3.63, 3.8) is 0 Å². The first-order valence-corrected chi connectivity index (χ1v) is 13.8. The molecule has 3 aliphatic rings. The molecule has 1 aliphatic carbocycles. The molecule has 5 rings (SSSR count). The first kappa shape index (κ1) is 24.5. The predicted molar refractivity (Wildman–Crippen MR) is 141 cm³/mol. The van der Waals surface area contributed by atoms with Gasteiger partial charge in [0.2, 0.25) is 5.91 Å². The van der Waals surface area contributed by atoms with Gasteiger partial charge in [-0.25, -0.2) is 0 Å². The molecule has 1 aromatic heterocycles. The molecule has 186 valence electrons. The van der Waals surface area contributed by atoms with Gasteiger partial charge in [-0.15, -0.1) is 11.3 Å². The van der Waals surface area contributed by atoms with Crippen molar-refractivity contribution < 1.29 is 9.90 Å². The molecule has 0 bridgehead atoms. The second-order valence-electron chi connectivity index (χ2n) is 11.1. The Labute approximate surface area is 213 Å². The third kappa shape index (κ3) is 6.16. The van der Waals surface area contributed by atoms with E-state index in [1.807, 2.05) is 23.5 Å². The average Bonchev–Trinajstić information content (AvgIpc) is 3.28. The van der Waals surface area contributed by atoms with Crippen molar-refractivity contribution in [1.82, 2.24) is 14.7 Å². The smallest absolute Gasteiger partial charge is 0.226 e. The fraction of sp³-hybridized carbons (Fsp3) is 0.552. The molecule has 2 aromatic rings. The molecular weight excluding hydrogens is 454 g/mol. The molecule has 1 atom stereocenters. The number of aliphatic hydroxyl groups is 1. The van der Waals surface area contributed by atoms with Gasteiger partial charge in [0, 0.05) is 55.6 Å². The second-order valence-corrected chi connectivity index (χ2v) is 12.1. The number of benzene rings is 1. The molecule has 1 spiro atoms. The highest BCUT2D eigenvalue weighted by atomic mass is 32.1. The zero-order chi connectivity index (χ0) is 24.5. The number of rotatable bonds is 5. The lowest BCUT2D eigenvalue weighted by molar-refractivity contribution is -0.135. The lowest BCUT2D eigenvalue weighted by Crippen LogP contribution is -2.49. The lowest BCUT2D eigenvalue weighted by Gasteiger charge is -2.36. The molecule has 3 heterocycles. The van der Waals surface area contributed by atoms with Crippen LogP contribution in [0.15, 0.2) is 41.8 Å². The fourth-order valence-corrected chi connectivity index (χ4v) is 6.30. The molecule has 1 N–H and O–H groups in total. The highest BCUT2D eigenvalue weighted by Crippen LogP contribution is 2.60. The summed E-state index contributed by atoms with van der Waals surface area (Å²) < 4.78 is 0. The summed E-state index contributed by atoms with van der Waals surface area (Å²) in [6.45, 7) is 11.2. The van der Waals surface area contributed by atoms with Crippen LogP contribution in [0.1, 0.15) is 49.1 Å². The van der Waals surface area contributed by atoms with E-state index >= 15 is 0 Å². The van der Waals surface area contributed by atoms with Gasteiger partial charge >= 0.3 is 0 Å². The summed E-state index contributed by atoms with van der Waals surface area (Å²) in [5.41, 5.74) is 1.51. The minimum atomic E-state index is -0.969. The number of hydrogen-bond donors (Lipinski definition) is 1. The van der Waals surface area contributed by atoms with Crippen LogP contribution >= 0.6 is 11.3 Å². The van der Waals surface area contributed by atoms with Crippen LogP contribution in [0.2, 0.25) is 0 Å². The molecule has 2 saturated heterocycles. The van der Waals surface area contributed by atoms with E-state index in [0.717, 1.165) is 77.2 Å². The summed E-state index contributed by atoms with van der Waals surface area (Å²) in [6.07, 6.45) is 3.36. The summed E-state index contributed by atoms with van der Waals surface area (Å²) in [7, 11) is 0. The Kier molecular flexibility index (Phi) is 7.05. The SMILES string of the molecule is CC(C)(O)C#Cc1ccc(CN2CCC3(CC2)CC3C(=O)N2CCN(Cc3cccs3)CC2)cc1. The van der Waals surface area contributed by atoms with Crippen molar-refractivity contribution in [3.8, 4) is 11.8 Å². The molecule has 5 nitrogen and oxygen atoms in total. The van der Waals surface area contributed by atoms with Crippen LogP contribution in [0.4, 0.5) is 0 Å². The minimum Gasteiger partial charge on any atom is -0.378 e. The molecule has 3 fully saturated rings. The van der Waals surface area contributed by atoms with Crippen molar-refractivity contribution in [3.05, 3.63) is 57.8 Å². The summed E-state index contributed by atoms with van der Waals surface area (Å²) in [5, 5.41) is 11.9. The summed E-state index contributed by atoms with van der Waals surface area (Å²) in [6, 6.07) is 12.7. The Morgan fingerprint density at radius 1 is 1.03 bits per heavy atom. The number of carbonyl (C=O) groups is 1. The first-order chi connectivity index (χ1) is 16.8. The van der Waals surface area contributed by atoms with Crippen LogP contribution in [0.3, 0.4) is 0 Å². The highest BCUT2D eigenvalue weighted by Gasteiger charge is 2.59. The average molecular weight is 492 g/mol. The van der Waals surface area contributed by atoms with Crippen molar-refractivity contribution >= 4 is 17.2 Å². The molecule has 1 unspecified atom stereocenters. The zero-order valence-electron chi connectivity index (χ0n) is 21.0. The topological polar surface area (TPSA) is 47.0 Å². The number of piperazine rings is 1. The lowest BCUT2D eigenvalue weighted by atomic mass is 9.90. The van der Waals surface area contributed by atoms with Crippen LogP contribution in [-0.2, 0) is 17.9 Å². The number of nitrogens with zero attached hydrogens (tertiary/aromatic N) is 3. The third-order valence-corrected chi connectivity index (χ3v) is 8.72. The zero-order valence-corrected chi connectivity index (χ0v) is 21.8. The quantitative estimate of drug-likeness (QED) is 0.646. The molecule has 0 radical (unpaired) electrons. The van der Waals surface area contributed by atoms with E-state index in [4.69, 9.17) is 0 Å². The van der Waals surface area contributed by atoms with Crippen LogP contribution in [0.5, 0.6) is 0 Å². The van der Waals surface area contributed by atoms with E-state index in [9.17, 15) is 9.90 Å². The van der Waals surface area contributed by atoms with Gasteiger partial charge < -0.3 is 10.0 Å². The Morgan fingerprint density at radius 3 is 2.34 bits per heavy atom. The number of hydrogen-bond acceptors (Lipinski definition) is 5. The number of thiophene rings is 1. The van der Waals surface area contributed by atoms with E-state index < -0.39 is 5.60 Å². The number of piperidine rings is 1. The Bertz CT molecular complexity index is 1060. The van der Waals surface area contributed by atoms with E-state index in [0.29, 0.717) is 5.91 Å². The van der Waals surface area contributed by atoms with Gasteiger partial charge in [-0.2, -0.15) is 0 Å². The Hall–Kier alpha value is -2.17. The molecule has 35 heavy (non-hydrogen) atoms. The number of likely N-dealkylation sites (tertiary alicyclic amines) is 1. The van der Waals surface area contributed by atoms with E-state index in [2.05, 4.69) is 56.2 Å². The molecular formula is C29H37N3O2S. The van der Waals surface area contributed by atoms with Gasteiger partial charge in [0.15, 0.2) is 0 Å². The largest absolute Gasteiger partial charge is 0.378 e. The van der Waals surface area contributed by atoms with Crippen LogP contribution in [0.25, 0.3) is 0 Å². The maximum atomic E-state index is 13.2. The van der Waals surface area contributed by atoms with Gasteiger partial charge in [-0.3, -0.25) is 14.6 Å². The van der Waals surface area contributed by atoms with Crippen molar-refractivity contribution in [2.75, 3.05) is 39.3 Å². The minimum absolute atomic E-state index is 0.252. The molecule has 2 aliphatic heterocycles. The van der Waals surface area contributed by atoms with E-state index in [-0.39, 0.29) is 11.3 Å².